The van der Waals surface area contributed by atoms with Crippen LogP contribution in [0.5, 0.6) is 0 Å². The monoisotopic (exact) mass is 361 g/mol. The van der Waals surface area contributed by atoms with Crippen molar-refractivity contribution in [3.8, 4) is 0 Å². The van der Waals surface area contributed by atoms with E-state index in [9.17, 15) is 4.79 Å². The Kier molecular flexibility index (Phi) is 6.71. The van der Waals surface area contributed by atoms with Gasteiger partial charge in [0.1, 0.15) is 0 Å². The highest BCUT2D eigenvalue weighted by molar-refractivity contribution is 5.89. The van der Waals surface area contributed by atoms with E-state index in [2.05, 4.69) is 15.1 Å². The van der Waals surface area contributed by atoms with Crippen LogP contribution in [-0.2, 0) is 4.74 Å². The van der Waals surface area contributed by atoms with Crippen LogP contribution >= 0.6 is 0 Å². The molecule has 2 fully saturated rings. The molecule has 0 aliphatic carbocycles. The van der Waals surface area contributed by atoms with Crippen LogP contribution in [0.15, 0.2) is 24.3 Å². The third kappa shape index (κ3) is 5.33. The Morgan fingerprint density at radius 1 is 0.962 bits per heavy atom. The molecule has 2 aliphatic rings. The van der Waals surface area contributed by atoms with Gasteiger partial charge < -0.3 is 19.9 Å². The van der Waals surface area contributed by atoms with E-state index in [0.29, 0.717) is 0 Å². The van der Waals surface area contributed by atoms with Crippen molar-refractivity contribution in [2.45, 2.75) is 0 Å². The summed E-state index contributed by atoms with van der Waals surface area (Å²) in [6, 6.07) is 7.92. The molecular formula is C19H31N5O2. The Morgan fingerprint density at radius 3 is 2.12 bits per heavy atom. The molecule has 2 amide bonds. The maximum Gasteiger partial charge on any atom is 0.321 e. The first-order chi connectivity index (χ1) is 12.6. The quantitative estimate of drug-likeness (QED) is 0.855. The highest BCUT2D eigenvalue weighted by Crippen LogP contribution is 2.16. The molecule has 2 aliphatic heterocycles. The first-order valence-electron chi connectivity index (χ1n) is 9.47. The second kappa shape index (κ2) is 9.21. The van der Waals surface area contributed by atoms with Crippen LogP contribution in [0.3, 0.4) is 0 Å². The molecule has 0 radical (unpaired) electrons. The molecule has 26 heavy (non-hydrogen) atoms. The van der Waals surface area contributed by atoms with Gasteiger partial charge in [0.05, 0.1) is 13.2 Å². The standard InChI is InChI=1S/C19H31N5O2/c1-21(2)18-5-3-17(4-6-18)20-19(25)24-11-9-22(10-12-24)7-8-23-13-15-26-16-14-23/h3-6H,7-16H2,1-2H3,(H,20,25). The number of morpholine rings is 1. The molecule has 0 spiro atoms. The average molecular weight is 361 g/mol. The van der Waals surface area contributed by atoms with Crippen LogP contribution in [0.4, 0.5) is 16.2 Å². The third-order valence-electron chi connectivity index (χ3n) is 5.13. The van der Waals surface area contributed by atoms with Gasteiger partial charge in [-0.05, 0) is 24.3 Å². The van der Waals surface area contributed by atoms with E-state index in [-0.39, 0.29) is 6.03 Å². The number of hydrogen-bond donors (Lipinski definition) is 1. The second-order valence-corrected chi connectivity index (χ2v) is 7.15. The molecular weight excluding hydrogens is 330 g/mol. The SMILES string of the molecule is CN(C)c1ccc(NC(=O)N2CCN(CCN3CCOCC3)CC2)cc1. The normalized spacial score (nSPS) is 19.4. The van der Waals surface area contributed by atoms with E-state index in [0.717, 1.165) is 76.9 Å². The first-order valence-corrected chi connectivity index (χ1v) is 9.47. The van der Waals surface area contributed by atoms with E-state index in [1.807, 2.05) is 48.2 Å². The van der Waals surface area contributed by atoms with Gasteiger partial charge in [0.2, 0.25) is 0 Å². The fraction of sp³-hybridized carbons (Fsp3) is 0.632. The lowest BCUT2D eigenvalue weighted by molar-refractivity contribution is 0.0311. The Balaban J connectivity index is 1.38. The van der Waals surface area contributed by atoms with E-state index in [1.54, 1.807) is 0 Å². The number of benzene rings is 1. The summed E-state index contributed by atoms with van der Waals surface area (Å²) in [6.07, 6.45) is 0. The number of anilines is 2. The van der Waals surface area contributed by atoms with E-state index in [4.69, 9.17) is 4.74 Å². The molecule has 7 heteroatoms. The Bertz CT molecular complexity index is 564. The topological polar surface area (TPSA) is 51.3 Å². The number of nitrogens with zero attached hydrogens (tertiary/aromatic N) is 4. The number of urea groups is 1. The van der Waals surface area contributed by atoms with Gasteiger partial charge in [-0.2, -0.15) is 0 Å². The molecule has 3 rings (SSSR count). The summed E-state index contributed by atoms with van der Waals surface area (Å²) in [4.78, 5) is 21.3. The largest absolute Gasteiger partial charge is 0.379 e. The smallest absolute Gasteiger partial charge is 0.321 e. The summed E-state index contributed by atoms with van der Waals surface area (Å²) in [5.41, 5.74) is 1.97. The molecule has 0 unspecified atom stereocenters. The molecule has 2 saturated heterocycles. The highest BCUT2D eigenvalue weighted by Gasteiger charge is 2.21. The number of rotatable bonds is 5. The van der Waals surface area contributed by atoms with Crippen molar-refractivity contribution in [2.24, 2.45) is 0 Å². The summed E-state index contributed by atoms with van der Waals surface area (Å²) in [5.74, 6) is 0. The lowest BCUT2D eigenvalue weighted by Gasteiger charge is -2.36. The van der Waals surface area contributed by atoms with Gasteiger partial charge in [-0.15, -0.1) is 0 Å². The van der Waals surface area contributed by atoms with Crippen molar-refractivity contribution in [1.82, 2.24) is 14.7 Å². The third-order valence-corrected chi connectivity index (χ3v) is 5.13. The molecule has 1 aromatic rings. The number of amides is 2. The van der Waals surface area contributed by atoms with Crippen LogP contribution in [-0.4, -0.2) is 100 Å². The van der Waals surface area contributed by atoms with Crippen molar-refractivity contribution in [2.75, 3.05) is 89.9 Å². The molecule has 7 nitrogen and oxygen atoms in total. The van der Waals surface area contributed by atoms with Crippen molar-refractivity contribution < 1.29 is 9.53 Å². The second-order valence-electron chi connectivity index (χ2n) is 7.15. The van der Waals surface area contributed by atoms with E-state index in [1.165, 1.54) is 0 Å². The lowest BCUT2D eigenvalue weighted by Crippen LogP contribution is -2.51. The van der Waals surface area contributed by atoms with Gasteiger partial charge in [-0.3, -0.25) is 9.80 Å². The maximum atomic E-state index is 12.5. The van der Waals surface area contributed by atoms with Gasteiger partial charge in [-0.1, -0.05) is 0 Å². The zero-order valence-corrected chi connectivity index (χ0v) is 16.0. The van der Waals surface area contributed by atoms with Crippen LogP contribution in [0.25, 0.3) is 0 Å². The fourth-order valence-corrected chi connectivity index (χ4v) is 3.33. The van der Waals surface area contributed by atoms with Crippen molar-refractivity contribution in [1.29, 1.82) is 0 Å². The van der Waals surface area contributed by atoms with Gasteiger partial charge in [0.25, 0.3) is 0 Å². The minimum atomic E-state index is -0.00423. The van der Waals surface area contributed by atoms with Gasteiger partial charge >= 0.3 is 6.03 Å². The van der Waals surface area contributed by atoms with Gasteiger partial charge in [-0.25, -0.2) is 4.79 Å². The van der Waals surface area contributed by atoms with Gasteiger partial charge in [0.15, 0.2) is 0 Å². The number of carbonyl (C=O) groups excluding carboxylic acids is 1. The van der Waals surface area contributed by atoms with E-state index < -0.39 is 0 Å². The van der Waals surface area contributed by atoms with Crippen molar-refractivity contribution in [3.05, 3.63) is 24.3 Å². The number of hydrogen-bond acceptors (Lipinski definition) is 5. The summed E-state index contributed by atoms with van der Waals surface area (Å²) in [7, 11) is 4.01. The number of piperazine rings is 1. The molecule has 0 bridgehead atoms. The van der Waals surface area contributed by atoms with Crippen LogP contribution in [0.1, 0.15) is 0 Å². The molecule has 2 heterocycles. The number of nitrogens with one attached hydrogen (secondary N) is 1. The van der Waals surface area contributed by atoms with Crippen LogP contribution < -0.4 is 10.2 Å². The fourth-order valence-electron chi connectivity index (χ4n) is 3.33. The molecule has 0 aromatic heterocycles. The van der Waals surface area contributed by atoms with Crippen molar-refractivity contribution in [3.63, 3.8) is 0 Å². The summed E-state index contributed by atoms with van der Waals surface area (Å²) in [5, 5.41) is 3.00. The number of ether oxygens (including phenoxy) is 1. The first kappa shape index (κ1) is 18.9. The Morgan fingerprint density at radius 2 is 1.54 bits per heavy atom. The molecule has 0 atom stereocenters. The molecule has 0 saturated carbocycles. The number of carbonyl (C=O) groups is 1. The lowest BCUT2D eigenvalue weighted by atomic mass is 10.2. The van der Waals surface area contributed by atoms with Crippen LogP contribution in [0.2, 0.25) is 0 Å². The molecule has 1 aromatic carbocycles. The summed E-state index contributed by atoms with van der Waals surface area (Å²) in [6.45, 7) is 9.39. The minimum Gasteiger partial charge on any atom is -0.379 e. The predicted octanol–water partition coefficient (Wildman–Crippen LogP) is 1.23. The van der Waals surface area contributed by atoms with Crippen LogP contribution in [0, 0.1) is 0 Å². The Labute approximate surface area is 156 Å². The predicted molar refractivity (Wildman–Crippen MR) is 105 cm³/mol. The highest BCUT2D eigenvalue weighted by atomic mass is 16.5. The molecule has 144 valence electrons. The Hall–Kier alpha value is -1.83. The zero-order valence-electron chi connectivity index (χ0n) is 16.0. The van der Waals surface area contributed by atoms with Crippen molar-refractivity contribution >= 4 is 17.4 Å². The maximum absolute atomic E-state index is 12.5. The summed E-state index contributed by atoms with van der Waals surface area (Å²) < 4.78 is 5.39. The minimum absolute atomic E-state index is 0.00423. The zero-order chi connectivity index (χ0) is 18.4. The molecule has 1 N–H and O–H groups in total. The summed E-state index contributed by atoms with van der Waals surface area (Å²) >= 11 is 0. The van der Waals surface area contributed by atoms with Gasteiger partial charge in [0, 0.05) is 77.8 Å². The van der Waals surface area contributed by atoms with E-state index >= 15 is 0 Å². The average Bonchev–Trinajstić information content (AvgIpc) is 2.68.